The van der Waals surface area contributed by atoms with Gasteiger partial charge < -0.3 is 11.1 Å². The van der Waals surface area contributed by atoms with Crippen molar-refractivity contribution >= 4 is 33.1 Å². The number of anilines is 1. The van der Waals surface area contributed by atoms with Crippen molar-refractivity contribution < 1.29 is 4.79 Å². The summed E-state index contributed by atoms with van der Waals surface area (Å²) in [5, 5.41) is 3.88. The number of hydrogen-bond donors (Lipinski definition) is 2. The predicted molar refractivity (Wildman–Crippen MR) is 123 cm³/mol. The third-order valence-electron chi connectivity index (χ3n) is 5.86. The first-order valence-corrected chi connectivity index (χ1v) is 11.1. The van der Waals surface area contributed by atoms with Gasteiger partial charge in [0.2, 0.25) is 0 Å². The maximum atomic E-state index is 12.8. The lowest BCUT2D eigenvalue weighted by atomic mass is 9.82. The Bertz CT molecular complexity index is 1200. The molecule has 0 bridgehead atoms. The first-order chi connectivity index (χ1) is 14.7. The minimum Gasteiger partial charge on any atom is -0.397 e. The number of nitrogens with one attached hydrogen (secondary N) is 1. The largest absolute Gasteiger partial charge is 0.397 e. The van der Waals surface area contributed by atoms with Gasteiger partial charge in [-0.15, -0.1) is 11.3 Å². The van der Waals surface area contributed by atoms with Crippen LogP contribution in [0.15, 0.2) is 66.7 Å². The second-order valence-corrected chi connectivity index (χ2v) is 8.81. The Hall–Kier alpha value is -3.18. The van der Waals surface area contributed by atoms with E-state index < -0.39 is 0 Å². The van der Waals surface area contributed by atoms with E-state index in [1.807, 2.05) is 30.3 Å². The third-order valence-corrected chi connectivity index (χ3v) is 6.97. The van der Waals surface area contributed by atoms with Crippen LogP contribution < -0.4 is 11.1 Å². The molecule has 0 fully saturated rings. The number of nitrogens with two attached hydrogens (primary N) is 1. The number of nitrogens with zero attached hydrogens (tertiary/aromatic N) is 1. The van der Waals surface area contributed by atoms with Crippen molar-refractivity contribution in [2.45, 2.75) is 31.7 Å². The summed E-state index contributed by atoms with van der Waals surface area (Å²) in [5.74, 6) is 0.367. The van der Waals surface area contributed by atoms with Crippen LogP contribution in [-0.4, -0.2) is 10.9 Å². The number of aromatic nitrogens is 1. The molecule has 1 atom stereocenters. The number of carbonyl (C=O) groups is 1. The minimum atomic E-state index is -0.139. The molecule has 1 amide bonds. The summed E-state index contributed by atoms with van der Waals surface area (Å²) in [6.07, 6.45) is 3.02. The Morgan fingerprint density at radius 1 is 1.10 bits per heavy atom. The van der Waals surface area contributed by atoms with Gasteiger partial charge in [-0.2, -0.15) is 0 Å². The van der Waals surface area contributed by atoms with Crippen molar-refractivity contribution in [1.29, 1.82) is 0 Å². The maximum absolute atomic E-state index is 12.8. The summed E-state index contributed by atoms with van der Waals surface area (Å²) in [6.45, 7) is 0.482. The molecule has 1 aliphatic carbocycles. The van der Waals surface area contributed by atoms with Gasteiger partial charge in [0.15, 0.2) is 0 Å². The smallest absolute Gasteiger partial charge is 0.263 e. The topological polar surface area (TPSA) is 68.0 Å². The molecule has 0 saturated carbocycles. The molecular formula is C25H23N3OS. The Labute approximate surface area is 179 Å². The fourth-order valence-corrected chi connectivity index (χ4v) is 5.24. The molecule has 5 rings (SSSR count). The monoisotopic (exact) mass is 413 g/mol. The van der Waals surface area contributed by atoms with Gasteiger partial charge in [0.05, 0.1) is 5.69 Å². The van der Waals surface area contributed by atoms with Crippen LogP contribution >= 0.6 is 11.3 Å². The Morgan fingerprint density at radius 3 is 2.60 bits per heavy atom. The number of hydrogen-bond acceptors (Lipinski definition) is 4. The molecular weight excluding hydrogens is 390 g/mol. The number of aryl methyl sites for hydroxylation is 1. The molecule has 4 nitrogen and oxygen atoms in total. The van der Waals surface area contributed by atoms with E-state index in [4.69, 9.17) is 10.7 Å². The second kappa shape index (κ2) is 7.92. The van der Waals surface area contributed by atoms with Crippen LogP contribution in [0.3, 0.4) is 0 Å². The molecule has 1 aliphatic rings. The van der Waals surface area contributed by atoms with Crippen LogP contribution in [0.5, 0.6) is 0 Å². The zero-order valence-electron chi connectivity index (χ0n) is 16.6. The standard InChI is InChI=1S/C25H23N3OS/c26-22-20-14-19-13-18(17-9-5-2-6-10-17)11-12-21(19)28-25(20)30-23(22)24(29)27-15-16-7-3-1-4-8-16/h1-10,14,18H,11-13,15,26H2,(H,27,29). The van der Waals surface area contributed by atoms with E-state index in [-0.39, 0.29) is 5.91 Å². The van der Waals surface area contributed by atoms with Gasteiger partial charge in [-0.1, -0.05) is 60.7 Å². The summed E-state index contributed by atoms with van der Waals surface area (Å²) in [6, 6.07) is 22.7. The second-order valence-electron chi connectivity index (χ2n) is 7.81. The highest BCUT2D eigenvalue weighted by Crippen LogP contribution is 2.38. The molecule has 4 aromatic rings. The summed E-state index contributed by atoms with van der Waals surface area (Å²) in [5.41, 5.74) is 11.8. The molecule has 0 saturated heterocycles. The van der Waals surface area contributed by atoms with Crippen LogP contribution in [0.1, 0.15) is 44.4 Å². The maximum Gasteiger partial charge on any atom is 0.263 e. The lowest BCUT2D eigenvalue weighted by molar-refractivity contribution is 0.0956. The van der Waals surface area contributed by atoms with Crippen molar-refractivity contribution in [3.05, 3.63) is 94.0 Å². The molecule has 2 aromatic heterocycles. The number of pyridine rings is 1. The van der Waals surface area contributed by atoms with Crippen molar-refractivity contribution in [2.75, 3.05) is 5.73 Å². The van der Waals surface area contributed by atoms with Gasteiger partial charge in [0, 0.05) is 17.6 Å². The normalized spacial score (nSPS) is 15.7. The van der Waals surface area contributed by atoms with E-state index in [1.165, 1.54) is 22.5 Å². The average Bonchev–Trinajstić information content (AvgIpc) is 3.12. The molecule has 1 unspecified atom stereocenters. The van der Waals surface area contributed by atoms with Crippen molar-refractivity contribution in [2.24, 2.45) is 0 Å². The van der Waals surface area contributed by atoms with Gasteiger partial charge in [0.25, 0.3) is 5.91 Å². The van der Waals surface area contributed by atoms with E-state index >= 15 is 0 Å². The summed E-state index contributed by atoms with van der Waals surface area (Å²) >= 11 is 1.39. The number of carbonyl (C=O) groups excluding carboxylic acids is 1. The summed E-state index contributed by atoms with van der Waals surface area (Å²) < 4.78 is 0. The van der Waals surface area contributed by atoms with E-state index in [9.17, 15) is 4.79 Å². The van der Waals surface area contributed by atoms with E-state index in [0.29, 0.717) is 23.0 Å². The van der Waals surface area contributed by atoms with Gasteiger partial charge in [-0.3, -0.25) is 4.79 Å². The van der Waals surface area contributed by atoms with Crippen molar-refractivity contribution in [1.82, 2.24) is 10.3 Å². The zero-order valence-corrected chi connectivity index (χ0v) is 17.4. The van der Waals surface area contributed by atoms with Crippen LogP contribution in [0.4, 0.5) is 5.69 Å². The van der Waals surface area contributed by atoms with E-state index in [1.54, 1.807) is 0 Å². The summed E-state index contributed by atoms with van der Waals surface area (Å²) in [7, 11) is 0. The first-order valence-electron chi connectivity index (χ1n) is 10.3. The number of benzene rings is 2. The highest BCUT2D eigenvalue weighted by Gasteiger charge is 2.24. The molecule has 3 N–H and O–H groups in total. The average molecular weight is 414 g/mol. The van der Waals surface area contributed by atoms with Crippen LogP contribution in [-0.2, 0) is 19.4 Å². The Balaban J connectivity index is 1.40. The fraction of sp³-hybridized carbons (Fsp3) is 0.200. The van der Waals surface area contributed by atoms with Crippen LogP contribution in [0, 0.1) is 0 Å². The Morgan fingerprint density at radius 2 is 1.83 bits per heavy atom. The van der Waals surface area contributed by atoms with E-state index in [2.05, 4.69) is 41.7 Å². The molecule has 0 spiro atoms. The van der Waals surface area contributed by atoms with E-state index in [0.717, 1.165) is 40.7 Å². The lowest BCUT2D eigenvalue weighted by Gasteiger charge is -2.24. The van der Waals surface area contributed by atoms with Gasteiger partial charge in [-0.05, 0) is 47.9 Å². The number of amides is 1. The lowest BCUT2D eigenvalue weighted by Crippen LogP contribution is -2.22. The van der Waals surface area contributed by atoms with Gasteiger partial charge >= 0.3 is 0 Å². The molecule has 150 valence electrons. The van der Waals surface area contributed by atoms with Crippen LogP contribution in [0.2, 0.25) is 0 Å². The molecule has 5 heteroatoms. The van der Waals surface area contributed by atoms with Crippen LogP contribution in [0.25, 0.3) is 10.2 Å². The number of thiophene rings is 1. The van der Waals surface area contributed by atoms with Crippen molar-refractivity contribution in [3.63, 3.8) is 0 Å². The van der Waals surface area contributed by atoms with Gasteiger partial charge in [0.1, 0.15) is 9.71 Å². The molecule has 30 heavy (non-hydrogen) atoms. The highest BCUT2D eigenvalue weighted by atomic mass is 32.1. The fourth-order valence-electron chi connectivity index (χ4n) is 4.23. The third kappa shape index (κ3) is 3.57. The highest BCUT2D eigenvalue weighted by molar-refractivity contribution is 7.21. The number of nitrogen functional groups attached to an aromatic ring is 1. The quantitative estimate of drug-likeness (QED) is 0.490. The molecule has 2 aromatic carbocycles. The SMILES string of the molecule is Nc1c(C(=O)NCc2ccccc2)sc2nc3c(cc12)CC(c1ccccc1)CC3. The summed E-state index contributed by atoms with van der Waals surface area (Å²) in [4.78, 5) is 19.0. The predicted octanol–water partition coefficient (Wildman–Crippen LogP) is 5.08. The van der Waals surface area contributed by atoms with Gasteiger partial charge in [-0.25, -0.2) is 4.98 Å². The number of rotatable bonds is 4. The first kappa shape index (κ1) is 18.8. The molecule has 2 heterocycles. The Kier molecular flexibility index (Phi) is 4.97. The molecule has 0 radical (unpaired) electrons. The molecule has 0 aliphatic heterocycles. The zero-order chi connectivity index (χ0) is 20.5. The number of fused-ring (bicyclic) bond motifs is 2. The minimum absolute atomic E-state index is 0.139. The van der Waals surface area contributed by atoms with Crippen molar-refractivity contribution in [3.8, 4) is 0 Å².